The summed E-state index contributed by atoms with van der Waals surface area (Å²) in [5.41, 5.74) is 2.44. The van der Waals surface area contributed by atoms with Crippen molar-refractivity contribution in [1.82, 2.24) is 9.80 Å². The van der Waals surface area contributed by atoms with E-state index < -0.39 is 0 Å². The summed E-state index contributed by atoms with van der Waals surface area (Å²) in [5.74, 6) is 1.14. The molecule has 32 heavy (non-hydrogen) atoms. The monoisotopic (exact) mass is 456 g/mol. The van der Waals surface area contributed by atoms with E-state index in [0.717, 1.165) is 12.2 Å². The van der Waals surface area contributed by atoms with Crippen LogP contribution in [0.1, 0.15) is 69.5 Å². The summed E-state index contributed by atoms with van der Waals surface area (Å²) >= 11 is 1.74. The Morgan fingerprint density at radius 3 is 2.38 bits per heavy atom. The first kappa shape index (κ1) is 24.3. The number of carbonyl (C=O) groups excluding carboxylic acids is 2. The second-order valence-electron chi connectivity index (χ2n) is 9.40. The minimum absolute atomic E-state index is 0.0135. The van der Waals surface area contributed by atoms with Crippen molar-refractivity contribution in [2.45, 2.75) is 66.0 Å². The van der Waals surface area contributed by atoms with E-state index in [2.05, 4.69) is 37.4 Å². The Kier molecular flexibility index (Phi) is 7.99. The zero-order chi connectivity index (χ0) is 23.4. The Labute approximate surface area is 196 Å². The van der Waals surface area contributed by atoms with Crippen molar-refractivity contribution >= 4 is 23.2 Å². The van der Waals surface area contributed by atoms with Crippen molar-refractivity contribution in [1.29, 1.82) is 0 Å². The number of thiophene rings is 1. The predicted molar refractivity (Wildman–Crippen MR) is 130 cm³/mol. The summed E-state index contributed by atoms with van der Waals surface area (Å²) in [4.78, 5) is 31.0. The molecule has 0 radical (unpaired) electrons. The highest BCUT2D eigenvalue weighted by Crippen LogP contribution is 2.34. The smallest absolute Gasteiger partial charge is 0.242 e. The van der Waals surface area contributed by atoms with Gasteiger partial charge in [0.2, 0.25) is 11.8 Å². The van der Waals surface area contributed by atoms with E-state index in [1.54, 1.807) is 16.2 Å². The maximum Gasteiger partial charge on any atom is 0.242 e. The van der Waals surface area contributed by atoms with Gasteiger partial charge in [-0.25, -0.2) is 0 Å². The molecule has 0 saturated heterocycles. The zero-order valence-electron chi connectivity index (χ0n) is 20.1. The Balaban J connectivity index is 1.76. The van der Waals surface area contributed by atoms with Gasteiger partial charge in [0.1, 0.15) is 18.9 Å². The van der Waals surface area contributed by atoms with Crippen LogP contribution in [-0.2, 0) is 16.0 Å². The predicted octanol–water partition coefficient (Wildman–Crippen LogP) is 5.27. The molecule has 1 atom stereocenters. The van der Waals surface area contributed by atoms with Crippen LogP contribution in [-0.4, -0.2) is 47.4 Å². The minimum Gasteiger partial charge on any atom is -0.491 e. The highest BCUT2D eigenvalue weighted by Gasteiger charge is 2.34. The van der Waals surface area contributed by atoms with Crippen LogP contribution in [0, 0.1) is 5.92 Å². The number of carbonyl (C=O) groups is 2. The van der Waals surface area contributed by atoms with Gasteiger partial charge in [0, 0.05) is 23.4 Å². The second kappa shape index (κ2) is 10.5. The average molecular weight is 457 g/mol. The van der Waals surface area contributed by atoms with Crippen molar-refractivity contribution < 1.29 is 14.3 Å². The first-order valence-electron chi connectivity index (χ1n) is 11.6. The minimum atomic E-state index is -0.148. The van der Waals surface area contributed by atoms with Crippen LogP contribution in [0.4, 0.5) is 0 Å². The fourth-order valence-corrected chi connectivity index (χ4v) is 5.01. The molecule has 0 aliphatic carbocycles. The lowest BCUT2D eigenvalue weighted by atomic mass is 10.00. The van der Waals surface area contributed by atoms with E-state index in [4.69, 9.17) is 4.74 Å². The molecule has 174 valence electrons. The van der Waals surface area contributed by atoms with Crippen LogP contribution in [0.25, 0.3) is 0 Å². The molecular weight excluding hydrogens is 420 g/mol. The molecule has 2 amide bonds. The zero-order valence-corrected chi connectivity index (χ0v) is 20.9. The summed E-state index contributed by atoms with van der Waals surface area (Å²) < 4.78 is 6.16. The standard InChI is InChI=1S/C26H36N2O3S/c1-17(2)20-7-9-21(10-8-20)31-16-23-22-12-14-32-24(22)11-13-27(23)25(29)15-28(19(5)6)26(30)18(3)4/h7-10,12,14,17-19,23H,11,13,15-16H2,1-6H3/t23-/m0/s1. The van der Waals surface area contributed by atoms with Crippen LogP contribution in [0.15, 0.2) is 35.7 Å². The summed E-state index contributed by atoms with van der Waals surface area (Å²) in [6, 6.07) is 10.1. The lowest BCUT2D eigenvalue weighted by Gasteiger charge is -2.38. The topological polar surface area (TPSA) is 49.9 Å². The normalized spacial score (nSPS) is 15.9. The van der Waals surface area contributed by atoms with Crippen LogP contribution in [0.3, 0.4) is 0 Å². The molecule has 0 bridgehead atoms. The number of amides is 2. The number of rotatable bonds is 8. The van der Waals surface area contributed by atoms with E-state index in [-0.39, 0.29) is 36.4 Å². The molecule has 0 unspecified atom stereocenters. The molecule has 0 fully saturated rings. The molecule has 0 saturated carbocycles. The third-order valence-electron chi connectivity index (χ3n) is 6.08. The van der Waals surface area contributed by atoms with Gasteiger partial charge >= 0.3 is 0 Å². The molecule has 5 nitrogen and oxygen atoms in total. The van der Waals surface area contributed by atoms with Crippen LogP contribution >= 0.6 is 11.3 Å². The van der Waals surface area contributed by atoms with Crippen LogP contribution < -0.4 is 4.74 Å². The highest BCUT2D eigenvalue weighted by atomic mass is 32.1. The molecule has 2 aromatic rings. The Bertz CT molecular complexity index is 917. The number of fused-ring (bicyclic) bond motifs is 1. The third-order valence-corrected chi connectivity index (χ3v) is 7.07. The number of hydrogen-bond acceptors (Lipinski definition) is 4. The molecule has 1 aliphatic rings. The van der Waals surface area contributed by atoms with E-state index in [1.807, 2.05) is 44.7 Å². The molecule has 6 heteroatoms. The Morgan fingerprint density at radius 1 is 1.09 bits per heavy atom. The molecular formula is C26H36N2O3S. The van der Waals surface area contributed by atoms with Crippen molar-refractivity contribution in [3.05, 3.63) is 51.7 Å². The van der Waals surface area contributed by atoms with Gasteiger partial charge in [-0.1, -0.05) is 39.8 Å². The van der Waals surface area contributed by atoms with Gasteiger partial charge in [0.25, 0.3) is 0 Å². The quantitative estimate of drug-likeness (QED) is 0.544. The SMILES string of the molecule is CC(C)C(=O)N(CC(=O)N1CCc2sccc2[C@@H]1COc1ccc(C(C)C)cc1)C(C)C. The maximum atomic E-state index is 13.4. The lowest BCUT2D eigenvalue weighted by molar-refractivity contribution is -0.145. The van der Waals surface area contributed by atoms with E-state index in [9.17, 15) is 9.59 Å². The van der Waals surface area contributed by atoms with E-state index >= 15 is 0 Å². The Hall–Kier alpha value is -2.34. The van der Waals surface area contributed by atoms with Crippen molar-refractivity contribution in [3.63, 3.8) is 0 Å². The lowest BCUT2D eigenvalue weighted by Crippen LogP contribution is -2.50. The van der Waals surface area contributed by atoms with E-state index in [1.165, 1.54) is 16.0 Å². The molecule has 3 rings (SSSR count). The summed E-state index contributed by atoms with van der Waals surface area (Å²) in [6.45, 7) is 13.2. The van der Waals surface area contributed by atoms with Gasteiger partial charge in [0.15, 0.2) is 0 Å². The summed E-state index contributed by atoms with van der Waals surface area (Å²) in [7, 11) is 0. The van der Waals surface area contributed by atoms with Crippen LogP contribution in [0.5, 0.6) is 5.75 Å². The molecule has 0 spiro atoms. The first-order valence-corrected chi connectivity index (χ1v) is 12.5. The van der Waals surface area contributed by atoms with Gasteiger partial charge in [-0.2, -0.15) is 0 Å². The molecule has 1 aromatic carbocycles. The average Bonchev–Trinajstić information content (AvgIpc) is 3.24. The largest absolute Gasteiger partial charge is 0.491 e. The number of benzene rings is 1. The van der Waals surface area contributed by atoms with Gasteiger partial charge in [-0.15, -0.1) is 11.3 Å². The van der Waals surface area contributed by atoms with Gasteiger partial charge in [0.05, 0.1) is 6.04 Å². The van der Waals surface area contributed by atoms with Gasteiger partial charge in [-0.05, 0) is 60.9 Å². The number of nitrogens with zero attached hydrogens (tertiary/aromatic N) is 2. The van der Waals surface area contributed by atoms with E-state index in [0.29, 0.717) is 19.1 Å². The van der Waals surface area contributed by atoms with Gasteiger partial charge in [-0.3, -0.25) is 9.59 Å². The fraction of sp³-hybridized carbons (Fsp3) is 0.538. The third kappa shape index (κ3) is 5.52. The molecule has 0 N–H and O–H groups in total. The van der Waals surface area contributed by atoms with Crippen molar-refractivity contribution in [3.8, 4) is 5.75 Å². The molecule has 1 aromatic heterocycles. The Morgan fingerprint density at radius 2 is 1.78 bits per heavy atom. The highest BCUT2D eigenvalue weighted by molar-refractivity contribution is 7.10. The summed E-state index contributed by atoms with van der Waals surface area (Å²) in [5, 5.41) is 2.09. The van der Waals surface area contributed by atoms with Gasteiger partial charge < -0.3 is 14.5 Å². The maximum absolute atomic E-state index is 13.4. The first-order chi connectivity index (χ1) is 15.2. The number of ether oxygens (including phenoxy) is 1. The summed E-state index contributed by atoms with van der Waals surface area (Å²) in [6.07, 6.45) is 0.845. The van der Waals surface area contributed by atoms with Crippen molar-refractivity contribution in [2.24, 2.45) is 5.92 Å². The van der Waals surface area contributed by atoms with Crippen molar-refractivity contribution in [2.75, 3.05) is 19.7 Å². The molecule has 1 aliphatic heterocycles. The van der Waals surface area contributed by atoms with Crippen LogP contribution in [0.2, 0.25) is 0 Å². The second-order valence-corrected chi connectivity index (χ2v) is 10.4. The fourth-order valence-electron chi connectivity index (χ4n) is 4.08. The molecule has 2 heterocycles. The number of hydrogen-bond donors (Lipinski definition) is 0.